The second-order valence-electron chi connectivity index (χ2n) is 7.00. The van der Waals surface area contributed by atoms with Crippen LogP contribution in [0.15, 0.2) is 36.4 Å². The summed E-state index contributed by atoms with van der Waals surface area (Å²) >= 11 is 0. The van der Waals surface area contributed by atoms with Gasteiger partial charge in [0.15, 0.2) is 33.7 Å². The number of amides is 2. The fraction of sp³-hybridized carbons (Fsp3) is 0.286. The molecule has 3 rings (SSSR count). The first-order valence-electron chi connectivity index (χ1n) is 9.42. The lowest BCUT2D eigenvalue weighted by Gasteiger charge is -2.26. The van der Waals surface area contributed by atoms with E-state index < -0.39 is 33.0 Å². The molecule has 1 aliphatic rings. The maximum absolute atomic E-state index is 12.5. The van der Waals surface area contributed by atoms with Gasteiger partial charge in [-0.05, 0) is 30.3 Å². The predicted octanol–water partition coefficient (Wildman–Crippen LogP) is 1.30. The molecule has 2 aromatic carbocycles. The first-order chi connectivity index (χ1) is 15.1. The number of carbonyl (C=O) groups excluding carboxylic acids is 3. The minimum absolute atomic E-state index is 0.0952. The van der Waals surface area contributed by atoms with Crippen LogP contribution in [0.3, 0.4) is 0 Å². The monoisotopic (exact) mass is 462 g/mol. The number of nitrogens with one attached hydrogen (secondary N) is 1. The maximum Gasteiger partial charge on any atom is 0.264 e. The second kappa shape index (κ2) is 9.27. The maximum atomic E-state index is 12.5. The molecule has 1 aliphatic heterocycles. The highest BCUT2D eigenvalue weighted by molar-refractivity contribution is 7.92. The van der Waals surface area contributed by atoms with E-state index in [1.807, 2.05) is 0 Å². The molecule has 0 aromatic heterocycles. The highest BCUT2D eigenvalue weighted by Gasteiger charge is 2.26. The zero-order valence-electron chi connectivity index (χ0n) is 17.7. The molecule has 0 aliphatic carbocycles. The van der Waals surface area contributed by atoms with Crippen molar-refractivity contribution in [3.05, 3.63) is 42.0 Å². The fourth-order valence-electron chi connectivity index (χ4n) is 3.09. The van der Waals surface area contributed by atoms with Crippen LogP contribution in [-0.4, -0.2) is 65.4 Å². The largest absolute Gasteiger partial charge is 0.493 e. The Hall–Kier alpha value is -3.60. The first kappa shape index (κ1) is 23.1. The Labute approximate surface area is 185 Å². The Morgan fingerprint density at radius 1 is 1.06 bits per heavy atom. The van der Waals surface area contributed by atoms with E-state index in [-0.39, 0.29) is 18.1 Å². The van der Waals surface area contributed by atoms with E-state index in [0.717, 1.165) is 0 Å². The number of sulfone groups is 1. The van der Waals surface area contributed by atoms with Crippen LogP contribution in [0.2, 0.25) is 0 Å². The van der Waals surface area contributed by atoms with Crippen molar-refractivity contribution in [3.63, 3.8) is 0 Å². The van der Waals surface area contributed by atoms with Crippen molar-refractivity contribution in [3.8, 4) is 17.2 Å². The Morgan fingerprint density at radius 2 is 1.78 bits per heavy atom. The Bertz CT molecular complexity index is 1180. The highest BCUT2D eigenvalue weighted by Crippen LogP contribution is 2.32. The summed E-state index contributed by atoms with van der Waals surface area (Å²) in [4.78, 5) is 37.9. The number of ether oxygens (including phenoxy) is 3. The SMILES string of the molecule is COc1ccc(NC(=O)CS(=O)(=O)CC(=O)c2ccc3c(c2)N(C)C(=O)CO3)cc1OC. The molecular formula is C21H22N2O8S. The van der Waals surface area contributed by atoms with Gasteiger partial charge in [0.05, 0.1) is 19.9 Å². The molecule has 0 atom stereocenters. The lowest BCUT2D eigenvalue weighted by Crippen LogP contribution is -2.35. The van der Waals surface area contributed by atoms with Crippen molar-refractivity contribution in [2.24, 2.45) is 0 Å². The van der Waals surface area contributed by atoms with E-state index in [2.05, 4.69) is 5.32 Å². The average molecular weight is 462 g/mol. The summed E-state index contributed by atoms with van der Waals surface area (Å²) in [6, 6.07) is 8.90. The third-order valence-electron chi connectivity index (χ3n) is 4.74. The molecule has 2 aromatic rings. The molecule has 0 spiro atoms. The Kier molecular flexibility index (Phi) is 6.68. The minimum atomic E-state index is -4.05. The van der Waals surface area contributed by atoms with Crippen LogP contribution < -0.4 is 24.4 Å². The van der Waals surface area contributed by atoms with Gasteiger partial charge in [-0.3, -0.25) is 14.4 Å². The van der Waals surface area contributed by atoms with Crippen molar-refractivity contribution in [1.29, 1.82) is 0 Å². The van der Waals surface area contributed by atoms with Crippen molar-refractivity contribution in [1.82, 2.24) is 0 Å². The lowest BCUT2D eigenvalue weighted by atomic mass is 10.1. The molecule has 0 radical (unpaired) electrons. The third-order valence-corrected chi connectivity index (χ3v) is 6.14. The number of methoxy groups -OCH3 is 2. The van der Waals surface area contributed by atoms with Gasteiger partial charge in [-0.15, -0.1) is 0 Å². The van der Waals surface area contributed by atoms with E-state index in [4.69, 9.17) is 14.2 Å². The molecule has 170 valence electrons. The van der Waals surface area contributed by atoms with Gasteiger partial charge in [0.2, 0.25) is 5.91 Å². The number of nitrogens with zero attached hydrogens (tertiary/aromatic N) is 1. The van der Waals surface area contributed by atoms with Gasteiger partial charge in [-0.25, -0.2) is 8.42 Å². The molecule has 1 heterocycles. The molecule has 0 saturated carbocycles. The van der Waals surface area contributed by atoms with Gasteiger partial charge in [-0.1, -0.05) is 0 Å². The van der Waals surface area contributed by atoms with Crippen molar-refractivity contribution in [2.45, 2.75) is 0 Å². The fourth-order valence-corrected chi connectivity index (χ4v) is 4.23. The normalized spacial score (nSPS) is 13.1. The quantitative estimate of drug-likeness (QED) is 0.582. The number of carbonyl (C=O) groups is 3. The number of benzene rings is 2. The highest BCUT2D eigenvalue weighted by atomic mass is 32.2. The molecular weight excluding hydrogens is 440 g/mol. The Balaban J connectivity index is 1.67. The standard InChI is InChI=1S/C21H22N2O8S/c1-23-15-8-13(4-6-17(15)31-10-21(23)26)16(24)11-32(27,28)12-20(25)22-14-5-7-18(29-2)19(9-14)30-3/h4-9H,10-12H2,1-3H3,(H,22,25). The second-order valence-corrected chi connectivity index (χ2v) is 9.06. The van der Waals surface area contributed by atoms with Gasteiger partial charge in [0, 0.05) is 24.4 Å². The summed E-state index contributed by atoms with van der Waals surface area (Å²) in [5.74, 6) is -2.28. The molecule has 1 N–H and O–H groups in total. The third kappa shape index (κ3) is 5.17. The average Bonchev–Trinajstić information content (AvgIpc) is 2.75. The van der Waals surface area contributed by atoms with Gasteiger partial charge >= 0.3 is 0 Å². The molecule has 0 bridgehead atoms. The van der Waals surface area contributed by atoms with Gasteiger partial charge < -0.3 is 24.4 Å². The van der Waals surface area contributed by atoms with Crippen LogP contribution in [0, 0.1) is 0 Å². The number of likely N-dealkylation sites (N-methyl/N-ethyl adjacent to an activating group) is 1. The molecule has 0 saturated heterocycles. The summed E-state index contributed by atoms with van der Waals surface area (Å²) in [7, 11) is 0.377. The van der Waals surface area contributed by atoms with E-state index in [9.17, 15) is 22.8 Å². The first-order valence-corrected chi connectivity index (χ1v) is 11.2. The summed E-state index contributed by atoms with van der Waals surface area (Å²) in [6.07, 6.45) is 0. The summed E-state index contributed by atoms with van der Waals surface area (Å²) < 4.78 is 40.4. The lowest BCUT2D eigenvalue weighted by molar-refractivity contribution is -0.121. The molecule has 0 unspecified atom stereocenters. The van der Waals surface area contributed by atoms with E-state index >= 15 is 0 Å². The van der Waals surface area contributed by atoms with Crippen molar-refractivity contribution in [2.75, 3.05) is 49.6 Å². The number of ketones is 1. The van der Waals surface area contributed by atoms with E-state index in [1.165, 1.54) is 56.5 Å². The van der Waals surface area contributed by atoms with Gasteiger partial charge in [-0.2, -0.15) is 0 Å². The van der Waals surface area contributed by atoms with Crippen LogP contribution in [0.4, 0.5) is 11.4 Å². The smallest absolute Gasteiger partial charge is 0.264 e. The van der Waals surface area contributed by atoms with Crippen molar-refractivity contribution < 1.29 is 37.0 Å². The van der Waals surface area contributed by atoms with Crippen LogP contribution in [0.1, 0.15) is 10.4 Å². The summed E-state index contributed by atoms with van der Waals surface area (Å²) in [6.45, 7) is -0.111. The van der Waals surface area contributed by atoms with E-state index in [0.29, 0.717) is 28.6 Å². The topological polar surface area (TPSA) is 128 Å². The molecule has 0 fully saturated rings. The number of fused-ring (bicyclic) bond motifs is 1. The van der Waals surface area contributed by atoms with Crippen molar-refractivity contribution >= 4 is 38.8 Å². The van der Waals surface area contributed by atoms with Gasteiger partial charge in [0.25, 0.3) is 5.91 Å². The molecule has 11 heteroatoms. The van der Waals surface area contributed by atoms with E-state index in [1.54, 1.807) is 6.07 Å². The summed E-state index contributed by atoms with van der Waals surface area (Å²) in [5, 5.41) is 2.46. The van der Waals surface area contributed by atoms with Crippen LogP contribution >= 0.6 is 0 Å². The zero-order valence-corrected chi connectivity index (χ0v) is 18.5. The van der Waals surface area contributed by atoms with Crippen LogP contribution in [0.25, 0.3) is 0 Å². The minimum Gasteiger partial charge on any atom is -0.493 e. The van der Waals surface area contributed by atoms with Gasteiger partial charge in [0.1, 0.15) is 17.3 Å². The number of anilines is 2. The number of Topliss-reactive ketones (excluding diaryl/α,β-unsaturated/α-hetero) is 1. The summed E-state index contributed by atoms with van der Waals surface area (Å²) in [5.41, 5.74) is 0.782. The number of hydrogen-bond acceptors (Lipinski definition) is 8. The Morgan fingerprint density at radius 3 is 2.47 bits per heavy atom. The number of hydrogen-bond donors (Lipinski definition) is 1. The zero-order chi connectivity index (χ0) is 23.5. The number of rotatable bonds is 8. The van der Waals surface area contributed by atoms with Crippen LogP contribution in [0.5, 0.6) is 17.2 Å². The molecule has 32 heavy (non-hydrogen) atoms. The van der Waals surface area contributed by atoms with Crippen LogP contribution in [-0.2, 0) is 19.4 Å². The molecule has 2 amide bonds. The predicted molar refractivity (Wildman–Crippen MR) is 117 cm³/mol. The molecule has 10 nitrogen and oxygen atoms in total.